The first kappa shape index (κ1) is 13.3. The Balaban J connectivity index is 2.21. The fourth-order valence-corrected chi connectivity index (χ4v) is 2.72. The summed E-state index contributed by atoms with van der Waals surface area (Å²) in [7, 11) is 0. The zero-order chi connectivity index (χ0) is 13.0. The number of nitrogens with one attached hydrogen (secondary N) is 1. The van der Waals surface area contributed by atoms with E-state index in [-0.39, 0.29) is 6.67 Å². The smallest absolute Gasteiger partial charge is 0.107 e. The Morgan fingerprint density at radius 2 is 2.28 bits per heavy atom. The SMILES string of the molecule is CCNC(C)c1ccc2c(c1)CCCN2CCF. The quantitative estimate of drug-likeness (QED) is 0.864. The number of rotatable bonds is 5. The largest absolute Gasteiger partial charge is 0.369 e. The normalized spacial score (nSPS) is 16.5. The van der Waals surface area contributed by atoms with E-state index >= 15 is 0 Å². The Bertz CT molecular complexity index is 392. The summed E-state index contributed by atoms with van der Waals surface area (Å²) >= 11 is 0. The molecule has 1 aromatic rings. The molecule has 0 aliphatic carbocycles. The van der Waals surface area contributed by atoms with E-state index in [1.807, 2.05) is 0 Å². The van der Waals surface area contributed by atoms with Crippen molar-refractivity contribution in [2.45, 2.75) is 32.7 Å². The van der Waals surface area contributed by atoms with Gasteiger partial charge in [-0.2, -0.15) is 0 Å². The first-order chi connectivity index (χ1) is 8.76. The van der Waals surface area contributed by atoms with E-state index in [9.17, 15) is 4.39 Å². The van der Waals surface area contributed by atoms with Crippen molar-refractivity contribution < 1.29 is 4.39 Å². The Morgan fingerprint density at radius 3 is 3.00 bits per heavy atom. The van der Waals surface area contributed by atoms with Crippen LogP contribution in [0.25, 0.3) is 0 Å². The third-order valence-electron chi connectivity index (χ3n) is 3.68. The molecule has 0 fully saturated rings. The van der Waals surface area contributed by atoms with Crippen molar-refractivity contribution in [2.75, 3.05) is 31.2 Å². The molecule has 0 spiro atoms. The molecule has 18 heavy (non-hydrogen) atoms. The number of hydrogen-bond acceptors (Lipinski definition) is 2. The standard InChI is InChI=1S/C15H23FN2/c1-3-17-12(2)13-6-7-15-14(11-13)5-4-9-18(15)10-8-16/h6-7,11-12,17H,3-5,8-10H2,1-2H3. The predicted octanol–water partition coefficient (Wildman–Crippen LogP) is 3.08. The van der Waals surface area contributed by atoms with Crippen LogP contribution in [0.4, 0.5) is 10.1 Å². The van der Waals surface area contributed by atoms with E-state index in [0.717, 1.165) is 25.9 Å². The summed E-state index contributed by atoms with van der Waals surface area (Å²) < 4.78 is 12.5. The summed E-state index contributed by atoms with van der Waals surface area (Å²) in [5, 5.41) is 3.43. The molecule has 3 heteroatoms. The molecule has 1 aliphatic heterocycles. The second-order valence-corrected chi connectivity index (χ2v) is 4.95. The summed E-state index contributed by atoms with van der Waals surface area (Å²) in [6, 6.07) is 7.00. The molecule has 1 unspecified atom stereocenters. The molecule has 1 N–H and O–H groups in total. The van der Waals surface area contributed by atoms with Crippen LogP contribution in [0, 0.1) is 0 Å². The Kier molecular flexibility index (Phi) is 4.59. The summed E-state index contributed by atoms with van der Waals surface area (Å²) in [4.78, 5) is 2.17. The van der Waals surface area contributed by atoms with Gasteiger partial charge in [-0.3, -0.25) is 0 Å². The first-order valence-corrected chi connectivity index (χ1v) is 6.93. The van der Waals surface area contributed by atoms with Gasteiger partial charge in [0.1, 0.15) is 6.67 Å². The summed E-state index contributed by atoms with van der Waals surface area (Å²) in [6.45, 7) is 6.53. The van der Waals surface area contributed by atoms with Crippen LogP contribution in [0.1, 0.15) is 37.4 Å². The van der Waals surface area contributed by atoms with Gasteiger partial charge in [-0.25, -0.2) is 4.39 Å². The van der Waals surface area contributed by atoms with Crippen LogP contribution in [0.15, 0.2) is 18.2 Å². The lowest BCUT2D eigenvalue weighted by atomic mass is 9.97. The van der Waals surface area contributed by atoms with Crippen LogP contribution in [-0.2, 0) is 6.42 Å². The molecule has 100 valence electrons. The van der Waals surface area contributed by atoms with Crippen LogP contribution >= 0.6 is 0 Å². The highest BCUT2D eigenvalue weighted by Crippen LogP contribution is 2.29. The van der Waals surface area contributed by atoms with E-state index < -0.39 is 0 Å². The third kappa shape index (κ3) is 2.83. The molecule has 1 atom stereocenters. The van der Waals surface area contributed by atoms with Crippen LogP contribution in [0.5, 0.6) is 0 Å². The van der Waals surface area contributed by atoms with Crippen molar-refractivity contribution in [3.05, 3.63) is 29.3 Å². The topological polar surface area (TPSA) is 15.3 Å². The van der Waals surface area contributed by atoms with Crippen LogP contribution < -0.4 is 10.2 Å². The lowest BCUT2D eigenvalue weighted by molar-refractivity contribution is 0.485. The van der Waals surface area contributed by atoms with Crippen LogP contribution in [0.2, 0.25) is 0 Å². The number of alkyl halides is 1. The minimum absolute atomic E-state index is 0.269. The van der Waals surface area contributed by atoms with E-state index in [4.69, 9.17) is 0 Å². The van der Waals surface area contributed by atoms with Gasteiger partial charge >= 0.3 is 0 Å². The number of aryl methyl sites for hydroxylation is 1. The number of hydrogen-bond donors (Lipinski definition) is 1. The first-order valence-electron chi connectivity index (χ1n) is 6.93. The molecule has 2 nitrogen and oxygen atoms in total. The monoisotopic (exact) mass is 250 g/mol. The Morgan fingerprint density at radius 1 is 1.44 bits per heavy atom. The molecule has 0 bridgehead atoms. The highest BCUT2D eigenvalue weighted by molar-refractivity contribution is 5.57. The maximum absolute atomic E-state index is 12.5. The van der Waals surface area contributed by atoms with Crippen LogP contribution in [0.3, 0.4) is 0 Å². The lowest BCUT2D eigenvalue weighted by Crippen LogP contribution is -2.31. The molecular formula is C15H23FN2. The predicted molar refractivity (Wildman–Crippen MR) is 75.0 cm³/mol. The Hall–Kier alpha value is -1.09. The van der Waals surface area contributed by atoms with Gasteiger partial charge in [0.15, 0.2) is 0 Å². The fraction of sp³-hybridized carbons (Fsp3) is 0.600. The number of anilines is 1. The average Bonchev–Trinajstić information content (AvgIpc) is 2.39. The number of fused-ring (bicyclic) bond motifs is 1. The van der Waals surface area contributed by atoms with E-state index in [1.54, 1.807) is 0 Å². The van der Waals surface area contributed by atoms with Gasteiger partial charge in [0, 0.05) is 24.8 Å². The molecule has 0 amide bonds. The summed E-state index contributed by atoms with van der Waals surface area (Å²) in [5.74, 6) is 0. The second-order valence-electron chi connectivity index (χ2n) is 4.95. The molecule has 1 aromatic carbocycles. The number of nitrogens with zero attached hydrogens (tertiary/aromatic N) is 1. The second kappa shape index (κ2) is 6.19. The van der Waals surface area contributed by atoms with Crippen LogP contribution in [-0.4, -0.2) is 26.3 Å². The van der Waals surface area contributed by atoms with Crippen molar-refractivity contribution in [1.29, 1.82) is 0 Å². The average molecular weight is 250 g/mol. The highest BCUT2D eigenvalue weighted by Gasteiger charge is 2.17. The molecule has 2 rings (SSSR count). The van der Waals surface area contributed by atoms with Gasteiger partial charge in [0.25, 0.3) is 0 Å². The molecule has 0 saturated carbocycles. The van der Waals surface area contributed by atoms with Gasteiger partial charge < -0.3 is 10.2 Å². The summed E-state index contributed by atoms with van der Waals surface area (Å²) in [6.07, 6.45) is 2.25. The van der Waals surface area contributed by atoms with Crippen molar-refractivity contribution in [3.63, 3.8) is 0 Å². The molecular weight excluding hydrogens is 227 g/mol. The van der Waals surface area contributed by atoms with Crippen molar-refractivity contribution in [1.82, 2.24) is 5.32 Å². The zero-order valence-corrected chi connectivity index (χ0v) is 11.4. The number of halogens is 1. The Labute approximate surface area is 109 Å². The number of benzene rings is 1. The molecule has 1 heterocycles. The van der Waals surface area contributed by atoms with Crippen molar-refractivity contribution in [3.8, 4) is 0 Å². The maximum atomic E-state index is 12.5. The van der Waals surface area contributed by atoms with Gasteiger partial charge in [-0.1, -0.05) is 19.1 Å². The van der Waals surface area contributed by atoms with Crippen molar-refractivity contribution in [2.24, 2.45) is 0 Å². The maximum Gasteiger partial charge on any atom is 0.107 e. The minimum atomic E-state index is -0.269. The summed E-state index contributed by atoms with van der Waals surface area (Å²) in [5.41, 5.74) is 3.93. The van der Waals surface area contributed by atoms with Crippen molar-refractivity contribution >= 4 is 5.69 Å². The van der Waals surface area contributed by atoms with E-state index in [2.05, 4.69) is 42.3 Å². The van der Waals surface area contributed by atoms with Gasteiger partial charge in [-0.15, -0.1) is 0 Å². The molecule has 0 saturated heterocycles. The fourth-order valence-electron chi connectivity index (χ4n) is 2.72. The lowest BCUT2D eigenvalue weighted by Gasteiger charge is -2.31. The third-order valence-corrected chi connectivity index (χ3v) is 3.68. The molecule has 0 aromatic heterocycles. The van der Waals surface area contributed by atoms with Gasteiger partial charge in [-0.05, 0) is 43.5 Å². The highest BCUT2D eigenvalue weighted by atomic mass is 19.1. The zero-order valence-electron chi connectivity index (χ0n) is 11.4. The van der Waals surface area contributed by atoms with E-state index in [1.165, 1.54) is 16.8 Å². The van der Waals surface area contributed by atoms with E-state index in [0.29, 0.717) is 12.6 Å². The van der Waals surface area contributed by atoms with Gasteiger partial charge in [0.2, 0.25) is 0 Å². The molecule has 0 radical (unpaired) electrons. The van der Waals surface area contributed by atoms with Gasteiger partial charge in [0.05, 0.1) is 0 Å². The minimum Gasteiger partial charge on any atom is -0.369 e. The molecule has 1 aliphatic rings.